The van der Waals surface area contributed by atoms with Gasteiger partial charge in [-0.1, -0.05) is 30.3 Å². The van der Waals surface area contributed by atoms with Crippen molar-refractivity contribution in [3.8, 4) is 11.4 Å². The topological polar surface area (TPSA) is 119 Å². The fourth-order valence-corrected chi connectivity index (χ4v) is 2.17. The van der Waals surface area contributed by atoms with Crippen LogP contribution >= 0.6 is 0 Å². The lowest BCUT2D eigenvalue weighted by Gasteiger charge is -2.26. The minimum Gasteiger partial charge on any atom is -0.444 e. The van der Waals surface area contributed by atoms with Gasteiger partial charge in [0.25, 0.3) is 5.91 Å². The number of ether oxygens (including phenoxy) is 1. The van der Waals surface area contributed by atoms with E-state index in [0.717, 1.165) is 5.56 Å². The molecule has 9 nitrogen and oxygen atoms in total. The molecule has 0 fully saturated rings. The normalized spacial score (nSPS) is 12.8. The molecule has 0 saturated heterocycles. The van der Waals surface area contributed by atoms with Crippen LogP contribution in [0, 0.1) is 0 Å². The largest absolute Gasteiger partial charge is 0.444 e. The molecule has 2 N–H and O–H groups in total. The zero-order valence-electron chi connectivity index (χ0n) is 17.0. The molecule has 2 aromatic rings. The van der Waals surface area contributed by atoms with Crippen molar-refractivity contribution in [1.29, 1.82) is 0 Å². The Hall–Kier alpha value is -3.10. The number of carbonyl (C=O) groups excluding carboxylic acids is 2. The van der Waals surface area contributed by atoms with Crippen LogP contribution in [0.2, 0.25) is 0 Å². The van der Waals surface area contributed by atoms with Crippen LogP contribution in [0.15, 0.2) is 30.3 Å². The Morgan fingerprint density at radius 3 is 2.00 bits per heavy atom. The second-order valence-corrected chi connectivity index (χ2v) is 8.27. The monoisotopic (exact) mass is 386 g/mol. The lowest BCUT2D eigenvalue weighted by Crippen LogP contribution is -2.49. The molecule has 1 aromatic carbocycles. The van der Waals surface area contributed by atoms with Crippen molar-refractivity contribution in [3.05, 3.63) is 36.2 Å². The Morgan fingerprint density at radius 2 is 1.50 bits per heavy atom. The molecular weight excluding hydrogens is 360 g/mol. The van der Waals surface area contributed by atoms with Gasteiger partial charge in [0.2, 0.25) is 11.6 Å². The van der Waals surface area contributed by atoms with Crippen molar-refractivity contribution in [2.75, 3.05) is 0 Å². The molecular formula is C19H26N6O3. The zero-order valence-corrected chi connectivity index (χ0v) is 17.0. The SMILES string of the molecule is CC(C)(C)NC(=O)C(NC(=O)OC(C)(C)C)c1nnc(-c2ccccc2)nn1. The van der Waals surface area contributed by atoms with E-state index in [4.69, 9.17) is 4.74 Å². The number of hydrogen-bond donors (Lipinski definition) is 2. The highest BCUT2D eigenvalue weighted by Gasteiger charge is 2.31. The highest BCUT2D eigenvalue weighted by molar-refractivity contribution is 5.86. The van der Waals surface area contributed by atoms with E-state index in [-0.39, 0.29) is 5.82 Å². The van der Waals surface area contributed by atoms with Crippen molar-refractivity contribution in [3.63, 3.8) is 0 Å². The first-order valence-corrected chi connectivity index (χ1v) is 8.89. The van der Waals surface area contributed by atoms with Gasteiger partial charge in [0.15, 0.2) is 6.04 Å². The summed E-state index contributed by atoms with van der Waals surface area (Å²) in [5.41, 5.74) is -0.496. The van der Waals surface area contributed by atoms with Gasteiger partial charge in [-0.25, -0.2) is 4.79 Å². The van der Waals surface area contributed by atoms with E-state index in [1.807, 2.05) is 51.1 Å². The highest BCUT2D eigenvalue weighted by atomic mass is 16.6. The van der Waals surface area contributed by atoms with Gasteiger partial charge < -0.3 is 15.4 Å². The number of alkyl carbamates (subject to hydrolysis) is 1. The Morgan fingerprint density at radius 1 is 0.929 bits per heavy atom. The standard InChI is InChI=1S/C19H26N6O3/c1-18(2,3)21-16(26)13(20-17(27)28-19(4,5)6)15-24-22-14(23-25-15)12-10-8-7-9-11-12/h7-11,13H,1-6H3,(H,20,27)(H,21,26). The van der Waals surface area contributed by atoms with Crippen LogP contribution in [0.3, 0.4) is 0 Å². The number of benzene rings is 1. The molecule has 2 amide bonds. The van der Waals surface area contributed by atoms with Crippen LogP contribution in [0.5, 0.6) is 0 Å². The molecule has 0 bridgehead atoms. The van der Waals surface area contributed by atoms with Crippen LogP contribution in [0.1, 0.15) is 53.4 Å². The summed E-state index contributed by atoms with van der Waals surface area (Å²) in [5, 5.41) is 21.4. The number of aromatic nitrogens is 4. The van der Waals surface area contributed by atoms with Gasteiger partial charge in [0.1, 0.15) is 5.60 Å². The van der Waals surface area contributed by atoms with Crippen LogP contribution in [0.4, 0.5) is 4.79 Å². The first-order chi connectivity index (χ1) is 12.9. The zero-order chi connectivity index (χ0) is 20.9. The third-order valence-electron chi connectivity index (χ3n) is 3.21. The third kappa shape index (κ3) is 6.57. The smallest absolute Gasteiger partial charge is 0.408 e. The van der Waals surface area contributed by atoms with E-state index < -0.39 is 29.2 Å². The Labute approximate surface area is 164 Å². The highest BCUT2D eigenvalue weighted by Crippen LogP contribution is 2.15. The summed E-state index contributed by atoms with van der Waals surface area (Å²) in [7, 11) is 0. The Balaban J connectivity index is 2.27. The molecule has 0 radical (unpaired) electrons. The molecule has 0 spiro atoms. The van der Waals surface area contributed by atoms with E-state index in [0.29, 0.717) is 5.82 Å². The molecule has 9 heteroatoms. The third-order valence-corrected chi connectivity index (χ3v) is 3.21. The summed E-state index contributed by atoms with van der Waals surface area (Å²) in [6, 6.07) is 8.00. The van der Waals surface area contributed by atoms with Crippen LogP contribution in [-0.2, 0) is 9.53 Å². The number of carbonyl (C=O) groups is 2. The van der Waals surface area contributed by atoms with Crippen molar-refractivity contribution >= 4 is 12.0 Å². The van der Waals surface area contributed by atoms with Gasteiger partial charge in [-0.15, -0.1) is 20.4 Å². The molecule has 1 atom stereocenters. The summed E-state index contributed by atoms with van der Waals surface area (Å²) in [6.45, 7) is 10.7. The second kappa shape index (κ2) is 8.28. The minimum absolute atomic E-state index is 0.0349. The maximum atomic E-state index is 12.7. The van der Waals surface area contributed by atoms with Gasteiger partial charge in [-0.2, -0.15) is 0 Å². The Bertz CT molecular complexity index is 810. The van der Waals surface area contributed by atoms with Crippen molar-refractivity contribution in [1.82, 2.24) is 31.0 Å². The maximum Gasteiger partial charge on any atom is 0.408 e. The van der Waals surface area contributed by atoms with E-state index in [2.05, 4.69) is 31.0 Å². The quantitative estimate of drug-likeness (QED) is 0.828. The Kier molecular flexibility index (Phi) is 6.27. The fraction of sp³-hybridized carbons (Fsp3) is 0.474. The molecule has 1 aromatic heterocycles. The van der Waals surface area contributed by atoms with E-state index in [1.54, 1.807) is 20.8 Å². The summed E-state index contributed by atoms with van der Waals surface area (Å²) in [4.78, 5) is 24.9. The molecule has 1 heterocycles. The molecule has 2 rings (SSSR count). The van der Waals surface area contributed by atoms with Crippen LogP contribution < -0.4 is 10.6 Å². The van der Waals surface area contributed by atoms with Crippen LogP contribution in [0.25, 0.3) is 11.4 Å². The second-order valence-electron chi connectivity index (χ2n) is 8.27. The van der Waals surface area contributed by atoms with Gasteiger partial charge in [0.05, 0.1) is 0 Å². The van der Waals surface area contributed by atoms with Crippen molar-refractivity contribution < 1.29 is 14.3 Å². The van der Waals surface area contributed by atoms with Crippen molar-refractivity contribution in [2.24, 2.45) is 0 Å². The summed E-state index contributed by atoms with van der Waals surface area (Å²) >= 11 is 0. The average molecular weight is 386 g/mol. The predicted molar refractivity (Wildman–Crippen MR) is 103 cm³/mol. The van der Waals surface area contributed by atoms with Gasteiger partial charge in [-0.3, -0.25) is 4.79 Å². The molecule has 0 aliphatic rings. The van der Waals surface area contributed by atoms with E-state index in [9.17, 15) is 9.59 Å². The molecule has 28 heavy (non-hydrogen) atoms. The van der Waals surface area contributed by atoms with Crippen molar-refractivity contribution in [2.45, 2.75) is 58.7 Å². The van der Waals surface area contributed by atoms with Crippen LogP contribution in [-0.4, -0.2) is 43.5 Å². The number of amides is 2. The number of nitrogens with zero attached hydrogens (tertiary/aromatic N) is 4. The lowest BCUT2D eigenvalue weighted by molar-refractivity contribution is -0.125. The lowest BCUT2D eigenvalue weighted by atomic mass is 10.1. The number of nitrogens with one attached hydrogen (secondary N) is 2. The minimum atomic E-state index is -1.20. The maximum absolute atomic E-state index is 12.7. The predicted octanol–water partition coefficient (Wildman–Crippen LogP) is 2.41. The molecule has 0 aliphatic heterocycles. The van der Waals surface area contributed by atoms with E-state index >= 15 is 0 Å². The summed E-state index contributed by atoms with van der Waals surface area (Å²) in [5.74, 6) is -0.210. The average Bonchev–Trinajstić information content (AvgIpc) is 2.57. The summed E-state index contributed by atoms with van der Waals surface area (Å²) in [6.07, 6.45) is -0.766. The van der Waals surface area contributed by atoms with E-state index in [1.165, 1.54) is 0 Å². The number of rotatable bonds is 4. The molecule has 150 valence electrons. The first kappa shape index (κ1) is 21.2. The molecule has 1 unspecified atom stereocenters. The van der Waals surface area contributed by atoms with Gasteiger partial charge in [-0.05, 0) is 41.5 Å². The first-order valence-electron chi connectivity index (χ1n) is 8.89. The molecule has 0 aliphatic carbocycles. The number of hydrogen-bond acceptors (Lipinski definition) is 7. The molecule has 0 saturated carbocycles. The van der Waals surface area contributed by atoms with Gasteiger partial charge >= 0.3 is 6.09 Å². The van der Waals surface area contributed by atoms with Gasteiger partial charge in [0, 0.05) is 11.1 Å². The summed E-state index contributed by atoms with van der Waals surface area (Å²) < 4.78 is 5.24. The fourth-order valence-electron chi connectivity index (χ4n) is 2.17.